The van der Waals surface area contributed by atoms with Crippen LogP contribution in [0.15, 0.2) is 12.2 Å². The van der Waals surface area contributed by atoms with Crippen molar-refractivity contribution in [2.45, 2.75) is 26.5 Å². The fraction of sp³-hybridized carbons (Fsp3) is 0.667. The molecule has 0 radical (unpaired) electrons. The molecule has 4 nitrogen and oxygen atoms in total. The third-order valence-electron chi connectivity index (χ3n) is 1.69. The number of aliphatic hydroxyl groups excluding tert-OH is 2. The van der Waals surface area contributed by atoms with E-state index in [1.54, 1.807) is 13.8 Å². The van der Waals surface area contributed by atoms with Gasteiger partial charge >= 0.3 is 0 Å². The number of nitrogens with zero attached hydrogens (tertiary/aromatic N) is 1. The first-order valence-corrected chi connectivity index (χ1v) is 4.30. The maximum atomic E-state index is 11.4. The average molecular weight is 187 g/mol. The summed E-state index contributed by atoms with van der Waals surface area (Å²) in [6.07, 6.45) is -0.393. The molecular weight excluding hydrogens is 170 g/mol. The average Bonchev–Trinajstić information content (AvgIpc) is 2.11. The highest BCUT2D eigenvalue weighted by atomic mass is 16.3. The van der Waals surface area contributed by atoms with E-state index < -0.39 is 6.23 Å². The van der Waals surface area contributed by atoms with E-state index in [9.17, 15) is 9.90 Å². The Bertz CT molecular complexity index is 191. The van der Waals surface area contributed by atoms with Gasteiger partial charge in [0.1, 0.15) is 6.23 Å². The summed E-state index contributed by atoms with van der Waals surface area (Å²) in [7, 11) is 0. The lowest BCUT2D eigenvalue weighted by atomic mass is 10.2. The molecule has 1 amide bonds. The third-order valence-corrected chi connectivity index (χ3v) is 1.69. The number of hydrogen-bond donors (Lipinski definition) is 2. The maximum absolute atomic E-state index is 11.4. The lowest BCUT2D eigenvalue weighted by molar-refractivity contribution is -0.138. The van der Waals surface area contributed by atoms with Crippen LogP contribution in [0.1, 0.15) is 20.3 Å². The fourth-order valence-electron chi connectivity index (χ4n) is 0.959. The van der Waals surface area contributed by atoms with Crippen molar-refractivity contribution in [3.05, 3.63) is 12.2 Å². The van der Waals surface area contributed by atoms with Crippen molar-refractivity contribution in [1.82, 2.24) is 4.90 Å². The Morgan fingerprint density at radius 3 is 2.46 bits per heavy atom. The number of carbonyl (C=O) groups excluding carboxylic acids is 1. The zero-order valence-corrected chi connectivity index (χ0v) is 8.16. The molecule has 1 unspecified atom stereocenters. The summed E-state index contributed by atoms with van der Waals surface area (Å²) < 4.78 is 0. The van der Waals surface area contributed by atoms with Gasteiger partial charge in [-0.1, -0.05) is 13.5 Å². The van der Waals surface area contributed by atoms with Crippen molar-refractivity contribution in [3.63, 3.8) is 0 Å². The number of carbonyl (C=O) groups is 1. The van der Waals surface area contributed by atoms with Crippen LogP contribution >= 0.6 is 0 Å². The Balaban J connectivity index is 4.40. The van der Waals surface area contributed by atoms with Crippen molar-refractivity contribution < 1.29 is 15.0 Å². The first-order valence-electron chi connectivity index (χ1n) is 4.30. The molecule has 0 aliphatic carbocycles. The van der Waals surface area contributed by atoms with Crippen molar-refractivity contribution in [2.75, 3.05) is 13.2 Å². The van der Waals surface area contributed by atoms with Crippen LogP contribution in [0.5, 0.6) is 0 Å². The molecule has 0 fully saturated rings. The summed E-state index contributed by atoms with van der Waals surface area (Å²) in [5.74, 6) is -0.316. The molecule has 13 heavy (non-hydrogen) atoms. The molecule has 2 N–H and O–H groups in total. The second kappa shape index (κ2) is 5.72. The Labute approximate surface area is 78.5 Å². The highest BCUT2D eigenvalue weighted by Crippen LogP contribution is 2.05. The van der Waals surface area contributed by atoms with Gasteiger partial charge in [-0.15, -0.1) is 0 Å². The number of amides is 1. The van der Waals surface area contributed by atoms with Crippen LogP contribution in [0.25, 0.3) is 0 Å². The SMILES string of the molecule is C=C(C)C(=O)N(CCO)C(O)CC. The topological polar surface area (TPSA) is 60.8 Å². The highest BCUT2D eigenvalue weighted by molar-refractivity contribution is 5.92. The minimum absolute atomic E-state index is 0.140. The minimum Gasteiger partial charge on any atom is -0.395 e. The summed E-state index contributed by atoms with van der Waals surface area (Å²) in [5, 5.41) is 18.1. The van der Waals surface area contributed by atoms with Gasteiger partial charge in [0.05, 0.1) is 6.61 Å². The second-order valence-corrected chi connectivity index (χ2v) is 2.89. The van der Waals surface area contributed by atoms with Gasteiger partial charge < -0.3 is 15.1 Å². The van der Waals surface area contributed by atoms with Gasteiger partial charge in [-0.05, 0) is 13.3 Å². The van der Waals surface area contributed by atoms with E-state index >= 15 is 0 Å². The van der Waals surface area contributed by atoms with Crippen LogP contribution in [0, 0.1) is 0 Å². The summed E-state index contributed by atoms with van der Waals surface area (Å²) in [4.78, 5) is 12.6. The summed E-state index contributed by atoms with van der Waals surface area (Å²) in [6.45, 7) is 6.82. The molecule has 1 atom stereocenters. The molecule has 76 valence electrons. The molecule has 0 aromatic rings. The lowest BCUT2D eigenvalue weighted by Gasteiger charge is -2.26. The Morgan fingerprint density at radius 1 is 1.62 bits per heavy atom. The van der Waals surface area contributed by atoms with Gasteiger partial charge in [-0.3, -0.25) is 4.79 Å². The van der Waals surface area contributed by atoms with E-state index in [4.69, 9.17) is 5.11 Å². The Hall–Kier alpha value is -0.870. The van der Waals surface area contributed by atoms with Crippen LogP contribution in [0.2, 0.25) is 0 Å². The van der Waals surface area contributed by atoms with E-state index in [1.807, 2.05) is 0 Å². The fourth-order valence-corrected chi connectivity index (χ4v) is 0.959. The zero-order valence-electron chi connectivity index (χ0n) is 8.16. The van der Waals surface area contributed by atoms with Gasteiger partial charge in [0, 0.05) is 12.1 Å². The molecule has 0 aromatic carbocycles. The maximum Gasteiger partial charge on any atom is 0.250 e. The molecule has 0 aliphatic heterocycles. The normalized spacial score (nSPS) is 12.3. The molecule has 4 heteroatoms. The first-order chi connectivity index (χ1) is 6.04. The van der Waals surface area contributed by atoms with Crippen molar-refractivity contribution >= 4 is 5.91 Å². The third kappa shape index (κ3) is 3.57. The quantitative estimate of drug-likeness (QED) is 0.474. The molecule has 0 aromatic heterocycles. The lowest BCUT2D eigenvalue weighted by Crippen LogP contribution is -2.42. The van der Waals surface area contributed by atoms with Gasteiger partial charge in [0.25, 0.3) is 5.91 Å². The van der Waals surface area contributed by atoms with Crippen LogP contribution in [-0.4, -0.2) is 40.4 Å². The van der Waals surface area contributed by atoms with Gasteiger partial charge in [-0.2, -0.15) is 0 Å². The van der Waals surface area contributed by atoms with Gasteiger partial charge in [0.15, 0.2) is 0 Å². The molecule has 0 bridgehead atoms. The van der Waals surface area contributed by atoms with Crippen LogP contribution in [0.4, 0.5) is 0 Å². The standard InChI is InChI=1S/C9H17NO3/c1-4-8(12)10(5-6-11)9(13)7(2)3/h8,11-12H,2,4-6H2,1,3H3. The first kappa shape index (κ1) is 12.1. The number of hydrogen-bond acceptors (Lipinski definition) is 3. The number of aliphatic hydroxyl groups is 2. The van der Waals surface area contributed by atoms with E-state index in [2.05, 4.69) is 6.58 Å². The summed E-state index contributed by atoms with van der Waals surface area (Å²) in [5.41, 5.74) is 0.362. The van der Waals surface area contributed by atoms with Crippen LogP contribution in [0.3, 0.4) is 0 Å². The van der Waals surface area contributed by atoms with E-state index in [0.717, 1.165) is 0 Å². The highest BCUT2D eigenvalue weighted by Gasteiger charge is 2.19. The summed E-state index contributed by atoms with van der Waals surface area (Å²) in [6, 6.07) is 0. The zero-order chi connectivity index (χ0) is 10.4. The predicted octanol–water partition coefficient (Wildman–Crippen LogP) is 0.112. The molecule has 0 rings (SSSR count). The smallest absolute Gasteiger partial charge is 0.250 e. The van der Waals surface area contributed by atoms with Crippen LogP contribution in [-0.2, 0) is 4.79 Å². The molecular formula is C9H17NO3. The number of rotatable bonds is 5. The molecule has 0 saturated heterocycles. The minimum atomic E-state index is -0.837. The van der Waals surface area contributed by atoms with Crippen LogP contribution < -0.4 is 0 Å². The monoisotopic (exact) mass is 187 g/mol. The van der Waals surface area contributed by atoms with Crippen molar-refractivity contribution in [3.8, 4) is 0 Å². The largest absolute Gasteiger partial charge is 0.395 e. The van der Waals surface area contributed by atoms with E-state index in [-0.39, 0.29) is 19.1 Å². The van der Waals surface area contributed by atoms with E-state index in [0.29, 0.717) is 12.0 Å². The molecule has 0 aliphatic rings. The van der Waals surface area contributed by atoms with Crippen molar-refractivity contribution in [1.29, 1.82) is 0 Å². The van der Waals surface area contributed by atoms with E-state index in [1.165, 1.54) is 4.90 Å². The molecule has 0 spiro atoms. The Kier molecular flexibility index (Phi) is 5.34. The van der Waals surface area contributed by atoms with Crippen molar-refractivity contribution in [2.24, 2.45) is 0 Å². The summed E-state index contributed by atoms with van der Waals surface area (Å²) >= 11 is 0. The second-order valence-electron chi connectivity index (χ2n) is 2.89. The predicted molar refractivity (Wildman–Crippen MR) is 49.9 cm³/mol. The Morgan fingerprint density at radius 2 is 2.15 bits per heavy atom. The molecule has 0 saturated carbocycles. The van der Waals surface area contributed by atoms with Gasteiger partial charge in [0.2, 0.25) is 0 Å². The molecule has 0 heterocycles. The van der Waals surface area contributed by atoms with Gasteiger partial charge in [-0.25, -0.2) is 0 Å².